The van der Waals surface area contributed by atoms with Gasteiger partial charge in [0.1, 0.15) is 5.75 Å². The number of aryl methyl sites for hydroxylation is 1. The van der Waals surface area contributed by atoms with E-state index in [0.29, 0.717) is 0 Å². The lowest BCUT2D eigenvalue weighted by atomic mass is 10.1. The second kappa shape index (κ2) is 7.27. The number of hydrogen-bond donors (Lipinski definition) is 1. The molecule has 2 atom stereocenters. The predicted molar refractivity (Wildman–Crippen MR) is 76.5 cm³/mol. The molecule has 1 N–H and O–H groups in total. The molecule has 1 rings (SSSR count). The fourth-order valence-electron chi connectivity index (χ4n) is 1.65. The normalized spacial score (nSPS) is 14.1. The van der Waals surface area contributed by atoms with E-state index in [2.05, 4.69) is 51.2 Å². The van der Waals surface area contributed by atoms with Crippen LogP contribution in [0.4, 0.5) is 5.69 Å². The summed E-state index contributed by atoms with van der Waals surface area (Å²) in [5, 5.41) is 3.45. The molecular weight excluding hydrogens is 226 g/mol. The molecule has 1 aromatic rings. The van der Waals surface area contributed by atoms with Gasteiger partial charge in [-0.3, -0.25) is 0 Å². The van der Waals surface area contributed by atoms with Gasteiger partial charge in [-0.15, -0.1) is 0 Å². The van der Waals surface area contributed by atoms with E-state index in [1.165, 1.54) is 5.56 Å². The first-order chi connectivity index (χ1) is 8.58. The van der Waals surface area contributed by atoms with Crippen LogP contribution in [-0.2, 0) is 4.74 Å². The molecule has 0 amide bonds. The molecule has 0 fully saturated rings. The lowest BCUT2D eigenvalue weighted by Gasteiger charge is -2.23. The third kappa shape index (κ3) is 4.22. The summed E-state index contributed by atoms with van der Waals surface area (Å²) in [6, 6.07) is 6.47. The molecule has 2 unspecified atom stereocenters. The van der Waals surface area contributed by atoms with Gasteiger partial charge in [-0.25, -0.2) is 0 Å². The summed E-state index contributed by atoms with van der Waals surface area (Å²) in [6.07, 6.45) is 1.17. The molecule has 1 aromatic carbocycles. The first kappa shape index (κ1) is 14.8. The number of methoxy groups -OCH3 is 1. The summed E-state index contributed by atoms with van der Waals surface area (Å²) < 4.78 is 11.1. The Hall–Kier alpha value is -1.22. The van der Waals surface area contributed by atoms with Gasteiger partial charge in [0.25, 0.3) is 0 Å². The van der Waals surface area contributed by atoms with Gasteiger partial charge in [-0.2, -0.15) is 0 Å². The number of ether oxygens (including phenoxy) is 2. The van der Waals surface area contributed by atoms with E-state index >= 15 is 0 Å². The largest absolute Gasteiger partial charge is 0.491 e. The number of anilines is 1. The zero-order valence-corrected chi connectivity index (χ0v) is 12.1. The molecular formula is C15H25NO2. The van der Waals surface area contributed by atoms with Crippen molar-refractivity contribution in [2.45, 2.75) is 46.3 Å². The Labute approximate surface area is 110 Å². The van der Waals surface area contributed by atoms with Gasteiger partial charge < -0.3 is 14.8 Å². The van der Waals surface area contributed by atoms with E-state index in [0.717, 1.165) is 24.5 Å². The lowest BCUT2D eigenvalue weighted by molar-refractivity contribution is 0.106. The Morgan fingerprint density at radius 1 is 1.28 bits per heavy atom. The van der Waals surface area contributed by atoms with E-state index in [-0.39, 0.29) is 12.1 Å². The molecule has 0 aliphatic rings. The van der Waals surface area contributed by atoms with Crippen molar-refractivity contribution in [1.29, 1.82) is 0 Å². The smallest absolute Gasteiger partial charge is 0.142 e. The maximum atomic E-state index is 5.78. The van der Waals surface area contributed by atoms with Crippen LogP contribution < -0.4 is 10.1 Å². The molecule has 18 heavy (non-hydrogen) atoms. The third-order valence-electron chi connectivity index (χ3n) is 3.06. The number of nitrogens with one attached hydrogen (secondary N) is 1. The van der Waals surface area contributed by atoms with Gasteiger partial charge in [0.15, 0.2) is 0 Å². The van der Waals surface area contributed by atoms with Gasteiger partial charge in [0, 0.05) is 13.2 Å². The highest BCUT2D eigenvalue weighted by atomic mass is 16.5. The molecule has 0 radical (unpaired) electrons. The highest BCUT2D eigenvalue weighted by Crippen LogP contribution is 2.27. The quantitative estimate of drug-likeness (QED) is 0.803. The predicted octanol–water partition coefficient (Wildman–Crippen LogP) is 3.62. The highest BCUT2D eigenvalue weighted by Gasteiger charge is 2.13. The second-order valence-electron chi connectivity index (χ2n) is 4.72. The van der Waals surface area contributed by atoms with Gasteiger partial charge in [-0.05, 0) is 44.9 Å². The van der Waals surface area contributed by atoms with Crippen molar-refractivity contribution >= 4 is 5.69 Å². The van der Waals surface area contributed by atoms with Crippen LogP contribution in [0.5, 0.6) is 5.75 Å². The summed E-state index contributed by atoms with van der Waals surface area (Å²) in [7, 11) is 1.73. The molecule has 0 spiro atoms. The molecule has 3 nitrogen and oxygen atoms in total. The Balaban J connectivity index is 2.80. The number of rotatable bonds is 7. The monoisotopic (exact) mass is 251 g/mol. The first-order valence-electron chi connectivity index (χ1n) is 6.61. The van der Waals surface area contributed by atoms with Crippen molar-refractivity contribution in [3.63, 3.8) is 0 Å². The van der Waals surface area contributed by atoms with Crippen LogP contribution in [-0.4, -0.2) is 25.9 Å². The van der Waals surface area contributed by atoms with E-state index in [9.17, 15) is 0 Å². The molecule has 0 saturated heterocycles. The first-order valence-corrected chi connectivity index (χ1v) is 6.61. The van der Waals surface area contributed by atoms with Crippen LogP contribution in [0.3, 0.4) is 0 Å². The van der Waals surface area contributed by atoms with E-state index in [1.807, 2.05) is 0 Å². The minimum absolute atomic E-state index is 0.158. The van der Waals surface area contributed by atoms with Crippen molar-refractivity contribution in [2.75, 3.05) is 19.0 Å². The number of benzene rings is 1. The summed E-state index contributed by atoms with van der Waals surface area (Å²) in [4.78, 5) is 0. The Kier molecular flexibility index (Phi) is 5.99. The summed E-state index contributed by atoms with van der Waals surface area (Å²) in [6.45, 7) is 9.09. The fourth-order valence-corrected chi connectivity index (χ4v) is 1.65. The topological polar surface area (TPSA) is 30.5 Å². The third-order valence-corrected chi connectivity index (χ3v) is 3.06. The maximum absolute atomic E-state index is 5.78. The minimum Gasteiger partial charge on any atom is -0.491 e. The molecule has 3 heteroatoms. The zero-order valence-electron chi connectivity index (χ0n) is 12.1. The zero-order chi connectivity index (χ0) is 13.5. The average Bonchev–Trinajstić information content (AvgIpc) is 2.37. The molecule has 0 aliphatic carbocycles. The minimum atomic E-state index is 0.158. The second-order valence-corrected chi connectivity index (χ2v) is 4.72. The summed E-state index contributed by atoms with van der Waals surface area (Å²) in [5.41, 5.74) is 2.24. The van der Waals surface area contributed by atoms with Crippen molar-refractivity contribution < 1.29 is 9.47 Å². The van der Waals surface area contributed by atoms with Crippen LogP contribution in [0.15, 0.2) is 18.2 Å². The van der Waals surface area contributed by atoms with Gasteiger partial charge in [0.05, 0.1) is 18.4 Å². The Bertz CT molecular complexity index is 366. The van der Waals surface area contributed by atoms with Crippen molar-refractivity contribution in [2.24, 2.45) is 0 Å². The SMILES string of the molecule is CCCOc1cc(C)ccc1NC(C)C(C)OC. The van der Waals surface area contributed by atoms with Crippen LogP contribution in [0.2, 0.25) is 0 Å². The van der Waals surface area contributed by atoms with Crippen LogP contribution in [0, 0.1) is 6.92 Å². The molecule has 0 aromatic heterocycles. The molecule has 0 bridgehead atoms. The Morgan fingerprint density at radius 2 is 2.00 bits per heavy atom. The standard InChI is InChI=1S/C15H25NO2/c1-6-9-18-15-10-11(2)7-8-14(15)16-12(3)13(4)17-5/h7-8,10,12-13,16H,6,9H2,1-5H3. The van der Waals surface area contributed by atoms with E-state index < -0.39 is 0 Å². The van der Waals surface area contributed by atoms with Crippen molar-refractivity contribution in [3.8, 4) is 5.75 Å². The number of hydrogen-bond acceptors (Lipinski definition) is 3. The van der Waals surface area contributed by atoms with Crippen LogP contribution >= 0.6 is 0 Å². The Morgan fingerprint density at radius 3 is 2.61 bits per heavy atom. The highest BCUT2D eigenvalue weighted by molar-refractivity contribution is 5.58. The maximum Gasteiger partial charge on any atom is 0.142 e. The van der Waals surface area contributed by atoms with Gasteiger partial charge in [0.2, 0.25) is 0 Å². The molecule has 102 valence electrons. The fraction of sp³-hybridized carbons (Fsp3) is 0.600. The van der Waals surface area contributed by atoms with Crippen LogP contribution in [0.25, 0.3) is 0 Å². The average molecular weight is 251 g/mol. The lowest BCUT2D eigenvalue weighted by Crippen LogP contribution is -2.29. The molecule has 0 heterocycles. The van der Waals surface area contributed by atoms with Crippen molar-refractivity contribution in [1.82, 2.24) is 0 Å². The summed E-state index contributed by atoms with van der Waals surface area (Å²) >= 11 is 0. The van der Waals surface area contributed by atoms with Gasteiger partial charge >= 0.3 is 0 Å². The molecule has 0 saturated carbocycles. The van der Waals surface area contributed by atoms with E-state index in [1.54, 1.807) is 7.11 Å². The van der Waals surface area contributed by atoms with Crippen molar-refractivity contribution in [3.05, 3.63) is 23.8 Å². The van der Waals surface area contributed by atoms with E-state index in [4.69, 9.17) is 9.47 Å². The van der Waals surface area contributed by atoms with Gasteiger partial charge in [-0.1, -0.05) is 13.0 Å². The summed E-state index contributed by atoms with van der Waals surface area (Å²) in [5.74, 6) is 0.923. The molecule has 0 aliphatic heterocycles. The van der Waals surface area contributed by atoms with Crippen LogP contribution in [0.1, 0.15) is 32.8 Å².